The molecule has 3 rings (SSSR count). The van der Waals surface area contributed by atoms with E-state index < -0.39 is 17.7 Å². The van der Waals surface area contributed by atoms with E-state index in [2.05, 4.69) is 10.3 Å². The molecule has 0 unspecified atom stereocenters. The molecule has 1 amide bonds. The number of Topliss-reactive ketones (excluding diaryl/α,β-unsaturated/α-hetero) is 1. The Labute approximate surface area is 178 Å². The maximum Gasteiger partial charge on any atom is 0.381 e. The Morgan fingerprint density at radius 1 is 1.19 bits per heavy atom. The van der Waals surface area contributed by atoms with E-state index in [0.29, 0.717) is 28.1 Å². The highest BCUT2D eigenvalue weighted by Crippen LogP contribution is 2.32. The van der Waals surface area contributed by atoms with Gasteiger partial charge in [-0.2, -0.15) is 0 Å². The van der Waals surface area contributed by atoms with Gasteiger partial charge in [-0.15, -0.1) is 0 Å². The minimum absolute atomic E-state index is 0.0535. The molecule has 31 heavy (non-hydrogen) atoms. The van der Waals surface area contributed by atoms with Crippen LogP contribution in [0.25, 0.3) is 11.3 Å². The van der Waals surface area contributed by atoms with Crippen LogP contribution < -0.4 is 5.32 Å². The normalized spacial score (nSPS) is 10.6. The van der Waals surface area contributed by atoms with Crippen molar-refractivity contribution < 1.29 is 23.5 Å². The van der Waals surface area contributed by atoms with Gasteiger partial charge in [-0.3, -0.25) is 14.6 Å². The van der Waals surface area contributed by atoms with Gasteiger partial charge in [0.15, 0.2) is 0 Å². The predicted molar refractivity (Wildman–Crippen MR) is 113 cm³/mol. The summed E-state index contributed by atoms with van der Waals surface area (Å²) in [5.74, 6) is -2.72. The number of pyridine rings is 1. The van der Waals surface area contributed by atoms with Crippen molar-refractivity contribution in [2.75, 3.05) is 11.9 Å². The number of carbonyl (C=O) groups is 3. The Morgan fingerprint density at radius 3 is 2.55 bits per heavy atom. The molecule has 0 saturated carbocycles. The number of carbonyl (C=O) groups excluding carboxylic acids is 3. The monoisotopic (exact) mass is 423 g/mol. The highest BCUT2D eigenvalue weighted by Gasteiger charge is 2.31. The van der Waals surface area contributed by atoms with Gasteiger partial charge in [0.2, 0.25) is 0 Å². The molecule has 8 heteroatoms. The first-order valence-corrected chi connectivity index (χ1v) is 9.64. The number of hydrogen-bond acceptors (Lipinski definition) is 5. The second kappa shape index (κ2) is 8.91. The highest BCUT2D eigenvalue weighted by atomic mass is 19.1. The summed E-state index contributed by atoms with van der Waals surface area (Å²) in [4.78, 5) is 42.2. The molecule has 0 aliphatic rings. The van der Waals surface area contributed by atoms with Gasteiger partial charge in [0.05, 0.1) is 17.9 Å². The molecule has 0 radical (unpaired) electrons. The number of halogens is 1. The third-order valence-electron chi connectivity index (χ3n) is 4.89. The van der Waals surface area contributed by atoms with Crippen molar-refractivity contribution in [2.45, 2.75) is 20.8 Å². The van der Waals surface area contributed by atoms with E-state index in [4.69, 9.17) is 4.74 Å². The molecule has 0 atom stereocenters. The fraction of sp³-hybridized carbons (Fsp3) is 0.217. The maximum atomic E-state index is 13.6. The van der Waals surface area contributed by atoms with Crippen LogP contribution in [0.5, 0.6) is 0 Å². The van der Waals surface area contributed by atoms with Crippen molar-refractivity contribution >= 4 is 23.3 Å². The van der Waals surface area contributed by atoms with Crippen molar-refractivity contribution in [3.8, 4) is 11.3 Å². The van der Waals surface area contributed by atoms with Crippen LogP contribution in [0, 0.1) is 19.7 Å². The van der Waals surface area contributed by atoms with E-state index in [1.807, 2.05) is 0 Å². The van der Waals surface area contributed by atoms with E-state index >= 15 is 0 Å². The van der Waals surface area contributed by atoms with Gasteiger partial charge in [0.25, 0.3) is 11.7 Å². The SMILES string of the molecule is CCOC(=O)C(=O)c1c(C)c(C(=O)Nc2ccc(F)c(C)c2)c(-c2cccnc2)n1C. The number of aromatic nitrogens is 2. The number of nitrogens with one attached hydrogen (secondary N) is 1. The zero-order valence-electron chi connectivity index (χ0n) is 17.7. The quantitative estimate of drug-likeness (QED) is 0.370. The second-order valence-electron chi connectivity index (χ2n) is 6.97. The fourth-order valence-corrected chi connectivity index (χ4v) is 3.48. The molecule has 160 valence electrons. The molecular weight excluding hydrogens is 401 g/mol. The summed E-state index contributed by atoms with van der Waals surface area (Å²) in [6, 6.07) is 7.68. The predicted octanol–water partition coefficient (Wildman–Crippen LogP) is 3.84. The van der Waals surface area contributed by atoms with Gasteiger partial charge in [-0.1, -0.05) is 0 Å². The summed E-state index contributed by atoms with van der Waals surface area (Å²) in [5.41, 5.74) is 2.40. The number of anilines is 1. The second-order valence-corrected chi connectivity index (χ2v) is 6.97. The van der Waals surface area contributed by atoms with E-state index in [1.54, 1.807) is 52.3 Å². The van der Waals surface area contributed by atoms with Crippen LogP contribution in [-0.4, -0.2) is 33.8 Å². The fourth-order valence-electron chi connectivity index (χ4n) is 3.48. The molecule has 3 aromatic rings. The average Bonchev–Trinajstić information content (AvgIpc) is 3.01. The number of hydrogen-bond donors (Lipinski definition) is 1. The van der Waals surface area contributed by atoms with Crippen molar-refractivity contribution in [1.29, 1.82) is 0 Å². The van der Waals surface area contributed by atoms with Crippen LogP contribution in [0.1, 0.15) is 38.9 Å². The number of esters is 1. The Kier molecular flexibility index (Phi) is 6.29. The smallest absolute Gasteiger partial charge is 0.381 e. The van der Waals surface area contributed by atoms with Crippen LogP contribution in [0.2, 0.25) is 0 Å². The summed E-state index contributed by atoms with van der Waals surface area (Å²) in [5, 5.41) is 2.74. The summed E-state index contributed by atoms with van der Waals surface area (Å²) in [6.45, 7) is 4.85. The molecule has 7 nitrogen and oxygen atoms in total. The minimum Gasteiger partial charge on any atom is -0.460 e. The summed E-state index contributed by atoms with van der Waals surface area (Å²) in [6.07, 6.45) is 3.15. The average molecular weight is 423 g/mol. The number of ketones is 1. The summed E-state index contributed by atoms with van der Waals surface area (Å²) in [7, 11) is 1.60. The van der Waals surface area contributed by atoms with Gasteiger partial charge in [-0.25, -0.2) is 9.18 Å². The number of benzene rings is 1. The van der Waals surface area contributed by atoms with E-state index in [-0.39, 0.29) is 23.7 Å². The Morgan fingerprint density at radius 2 is 1.94 bits per heavy atom. The zero-order valence-corrected chi connectivity index (χ0v) is 17.7. The number of rotatable bonds is 6. The van der Waals surface area contributed by atoms with E-state index in [9.17, 15) is 18.8 Å². The Hall–Kier alpha value is -3.81. The van der Waals surface area contributed by atoms with E-state index in [1.165, 1.54) is 22.8 Å². The van der Waals surface area contributed by atoms with Crippen LogP contribution in [0.15, 0.2) is 42.7 Å². The summed E-state index contributed by atoms with van der Waals surface area (Å²) >= 11 is 0. The van der Waals surface area contributed by atoms with Crippen LogP contribution in [-0.2, 0) is 16.6 Å². The van der Waals surface area contributed by atoms with Gasteiger partial charge in [0.1, 0.15) is 11.5 Å². The van der Waals surface area contributed by atoms with Gasteiger partial charge < -0.3 is 14.6 Å². The van der Waals surface area contributed by atoms with Crippen molar-refractivity contribution in [3.05, 3.63) is 70.9 Å². The zero-order chi connectivity index (χ0) is 22.7. The van der Waals surface area contributed by atoms with Crippen molar-refractivity contribution in [3.63, 3.8) is 0 Å². The molecule has 0 aliphatic heterocycles. The number of amides is 1. The third-order valence-corrected chi connectivity index (χ3v) is 4.89. The van der Waals surface area contributed by atoms with Gasteiger partial charge >= 0.3 is 5.97 Å². The molecule has 0 fully saturated rings. The lowest BCUT2D eigenvalue weighted by Crippen LogP contribution is -2.21. The first kappa shape index (κ1) is 21.9. The Balaban J connectivity index is 2.14. The van der Waals surface area contributed by atoms with E-state index in [0.717, 1.165) is 0 Å². The van der Waals surface area contributed by atoms with Crippen LogP contribution >= 0.6 is 0 Å². The highest BCUT2D eigenvalue weighted by molar-refractivity contribution is 6.41. The summed E-state index contributed by atoms with van der Waals surface area (Å²) < 4.78 is 19.9. The minimum atomic E-state index is -0.995. The molecule has 1 N–H and O–H groups in total. The molecule has 2 heterocycles. The molecule has 0 bridgehead atoms. The van der Waals surface area contributed by atoms with Crippen molar-refractivity contribution in [1.82, 2.24) is 9.55 Å². The standard InChI is InChI=1S/C23H22FN3O4/c1-5-31-23(30)21(28)19-14(3)18(20(27(19)4)15-7-6-10-25-12-15)22(29)26-16-8-9-17(24)13(2)11-16/h6-12H,5H2,1-4H3,(H,26,29). The van der Waals surface area contributed by atoms with Crippen LogP contribution in [0.4, 0.5) is 10.1 Å². The molecule has 0 aliphatic carbocycles. The molecule has 0 saturated heterocycles. The first-order valence-electron chi connectivity index (χ1n) is 9.64. The molecule has 2 aromatic heterocycles. The van der Waals surface area contributed by atoms with Crippen LogP contribution in [0.3, 0.4) is 0 Å². The first-order chi connectivity index (χ1) is 14.8. The maximum absolute atomic E-state index is 13.6. The van der Waals surface area contributed by atoms with Gasteiger partial charge in [-0.05, 0) is 62.2 Å². The Bertz CT molecular complexity index is 1170. The van der Waals surface area contributed by atoms with Gasteiger partial charge in [0, 0.05) is 30.7 Å². The number of nitrogens with zero attached hydrogens (tertiary/aromatic N) is 2. The molecule has 1 aromatic carbocycles. The lowest BCUT2D eigenvalue weighted by molar-refractivity contribution is -0.137. The molecular formula is C23H22FN3O4. The topological polar surface area (TPSA) is 90.3 Å². The third kappa shape index (κ3) is 4.23. The largest absolute Gasteiger partial charge is 0.460 e. The molecule has 0 spiro atoms. The number of ether oxygens (including phenoxy) is 1. The number of aryl methyl sites for hydroxylation is 1. The van der Waals surface area contributed by atoms with Crippen molar-refractivity contribution in [2.24, 2.45) is 7.05 Å². The lowest BCUT2D eigenvalue weighted by Gasteiger charge is -2.10. The lowest BCUT2D eigenvalue weighted by atomic mass is 10.0.